The first-order chi connectivity index (χ1) is 14.2. The fraction of sp³-hybridized carbons (Fsp3) is 0.286. The number of methoxy groups -OCH3 is 3. The summed E-state index contributed by atoms with van der Waals surface area (Å²) in [6.07, 6.45) is 2.95. The van der Waals surface area contributed by atoms with Crippen molar-refractivity contribution < 1.29 is 27.4 Å². The molecule has 0 unspecified atom stereocenters. The van der Waals surface area contributed by atoms with Crippen molar-refractivity contribution >= 4 is 22.0 Å². The number of ether oxygens (including phenoxy) is 3. The van der Waals surface area contributed by atoms with Gasteiger partial charge in [0.25, 0.3) is 0 Å². The predicted molar refractivity (Wildman–Crippen MR) is 114 cm³/mol. The van der Waals surface area contributed by atoms with Gasteiger partial charge in [0.2, 0.25) is 21.7 Å². The van der Waals surface area contributed by atoms with Crippen molar-refractivity contribution in [2.75, 3.05) is 35.4 Å². The van der Waals surface area contributed by atoms with Crippen LogP contribution in [0.15, 0.2) is 47.4 Å². The van der Waals surface area contributed by atoms with E-state index in [1.165, 1.54) is 47.6 Å². The molecule has 0 aromatic heterocycles. The largest absolute Gasteiger partial charge is 0.493 e. The molecule has 0 radical (unpaired) electrons. The smallest absolute Gasteiger partial charge is 0.244 e. The molecular formula is C21H26N2O6S. The molecule has 8 nitrogen and oxygen atoms in total. The number of hydrogen-bond acceptors (Lipinski definition) is 6. The number of amides is 1. The third-order valence-corrected chi connectivity index (χ3v) is 6.21. The molecule has 0 aliphatic rings. The maximum atomic E-state index is 12.4. The van der Waals surface area contributed by atoms with Gasteiger partial charge in [-0.1, -0.05) is 18.2 Å². The Morgan fingerprint density at radius 3 is 2.17 bits per heavy atom. The molecule has 0 fully saturated rings. The maximum Gasteiger partial charge on any atom is 0.244 e. The highest BCUT2D eigenvalue weighted by Crippen LogP contribution is 2.38. The summed E-state index contributed by atoms with van der Waals surface area (Å²) >= 11 is 0. The van der Waals surface area contributed by atoms with Crippen molar-refractivity contribution in [1.29, 1.82) is 0 Å². The van der Waals surface area contributed by atoms with Gasteiger partial charge < -0.3 is 19.5 Å². The molecule has 0 bridgehead atoms. The number of carbonyl (C=O) groups excluding carboxylic acids is 1. The van der Waals surface area contributed by atoms with E-state index in [4.69, 9.17) is 14.2 Å². The topological polar surface area (TPSA) is 94.2 Å². The molecule has 0 heterocycles. The Balaban J connectivity index is 2.16. The first kappa shape index (κ1) is 23.2. The molecular weight excluding hydrogens is 408 g/mol. The van der Waals surface area contributed by atoms with E-state index in [0.29, 0.717) is 28.4 Å². The average molecular weight is 435 g/mol. The van der Waals surface area contributed by atoms with E-state index in [-0.39, 0.29) is 17.3 Å². The molecule has 0 saturated heterocycles. The quantitative estimate of drug-likeness (QED) is 0.609. The first-order valence-electron chi connectivity index (χ1n) is 9.01. The van der Waals surface area contributed by atoms with Crippen LogP contribution in [0.25, 0.3) is 6.08 Å². The van der Waals surface area contributed by atoms with Gasteiger partial charge in [-0.15, -0.1) is 0 Å². The number of sulfonamides is 1. The molecule has 162 valence electrons. The van der Waals surface area contributed by atoms with E-state index < -0.39 is 10.0 Å². The first-order valence-corrected chi connectivity index (χ1v) is 10.4. The van der Waals surface area contributed by atoms with E-state index in [1.54, 1.807) is 36.4 Å². The van der Waals surface area contributed by atoms with Gasteiger partial charge in [-0.2, -0.15) is 0 Å². The Labute approximate surface area is 177 Å². The molecule has 30 heavy (non-hydrogen) atoms. The second-order valence-corrected chi connectivity index (χ2v) is 8.53. The summed E-state index contributed by atoms with van der Waals surface area (Å²) in [6, 6.07) is 9.98. The van der Waals surface area contributed by atoms with Gasteiger partial charge in [-0.25, -0.2) is 12.7 Å². The molecule has 2 rings (SSSR count). The number of nitrogens with zero attached hydrogens (tertiary/aromatic N) is 1. The summed E-state index contributed by atoms with van der Waals surface area (Å²) < 4.78 is 41.9. The second-order valence-electron chi connectivity index (χ2n) is 6.40. The third-order valence-electron chi connectivity index (χ3n) is 4.30. The number of benzene rings is 2. The molecule has 0 atom stereocenters. The van der Waals surface area contributed by atoms with Gasteiger partial charge in [0.05, 0.1) is 26.2 Å². The minimum Gasteiger partial charge on any atom is -0.493 e. The summed E-state index contributed by atoms with van der Waals surface area (Å²) in [5, 5.41) is 2.70. The third kappa shape index (κ3) is 5.31. The van der Waals surface area contributed by atoms with Crippen LogP contribution >= 0.6 is 0 Å². The summed E-state index contributed by atoms with van der Waals surface area (Å²) in [7, 11) is 3.85. The lowest BCUT2D eigenvalue weighted by atomic mass is 10.1. The van der Waals surface area contributed by atoms with Crippen molar-refractivity contribution in [3.8, 4) is 17.2 Å². The Bertz CT molecular complexity index is 1010. The predicted octanol–water partition coefficient (Wildman–Crippen LogP) is 2.29. The number of rotatable bonds is 9. The molecule has 1 amide bonds. The Morgan fingerprint density at radius 1 is 1.03 bits per heavy atom. The van der Waals surface area contributed by atoms with Crippen LogP contribution in [-0.2, 0) is 21.4 Å². The van der Waals surface area contributed by atoms with Gasteiger partial charge in [-0.05, 0) is 35.4 Å². The van der Waals surface area contributed by atoms with Crippen molar-refractivity contribution in [3.63, 3.8) is 0 Å². The van der Waals surface area contributed by atoms with Crippen LogP contribution in [0.1, 0.15) is 11.1 Å². The highest BCUT2D eigenvalue weighted by molar-refractivity contribution is 7.89. The SMILES string of the molecule is COc1cc(/C=C/C(=O)NCc2ccccc2S(=O)(=O)N(C)C)cc(OC)c1OC. The summed E-state index contributed by atoms with van der Waals surface area (Å²) in [5.41, 5.74) is 1.18. The minimum absolute atomic E-state index is 0.0711. The monoisotopic (exact) mass is 434 g/mol. The number of nitrogens with one attached hydrogen (secondary N) is 1. The zero-order valence-corrected chi connectivity index (χ0v) is 18.4. The molecule has 2 aromatic rings. The number of hydrogen-bond donors (Lipinski definition) is 1. The van der Waals surface area contributed by atoms with Gasteiger partial charge >= 0.3 is 0 Å². The van der Waals surface area contributed by atoms with Crippen LogP contribution in [0.3, 0.4) is 0 Å². The van der Waals surface area contributed by atoms with Gasteiger partial charge in [-0.3, -0.25) is 4.79 Å². The summed E-state index contributed by atoms with van der Waals surface area (Å²) in [4.78, 5) is 12.4. The lowest BCUT2D eigenvalue weighted by Crippen LogP contribution is -2.26. The zero-order valence-electron chi connectivity index (χ0n) is 17.6. The standard InChI is InChI=1S/C21H26N2O6S/c1-23(2)30(25,26)19-9-7-6-8-16(19)14-22-20(24)11-10-15-12-17(27-3)21(29-5)18(13-15)28-4/h6-13H,14H2,1-5H3,(H,22,24)/b11-10+. The van der Waals surface area contributed by atoms with Crippen molar-refractivity contribution in [2.45, 2.75) is 11.4 Å². The molecule has 1 N–H and O–H groups in total. The molecule has 2 aromatic carbocycles. The lowest BCUT2D eigenvalue weighted by Gasteiger charge is -2.15. The van der Waals surface area contributed by atoms with Crippen molar-refractivity contribution in [3.05, 3.63) is 53.6 Å². The summed E-state index contributed by atoms with van der Waals surface area (Å²) in [6.45, 7) is 0.0711. The van der Waals surface area contributed by atoms with E-state index in [1.807, 2.05) is 0 Å². The second kappa shape index (κ2) is 10.1. The molecule has 0 aliphatic heterocycles. The van der Waals surface area contributed by atoms with Crippen LogP contribution in [-0.4, -0.2) is 54.1 Å². The van der Waals surface area contributed by atoms with Crippen LogP contribution < -0.4 is 19.5 Å². The highest BCUT2D eigenvalue weighted by Gasteiger charge is 2.20. The van der Waals surface area contributed by atoms with Crippen LogP contribution in [0.2, 0.25) is 0 Å². The Hall–Kier alpha value is -3.04. The maximum absolute atomic E-state index is 12.4. The fourth-order valence-electron chi connectivity index (χ4n) is 2.71. The number of carbonyl (C=O) groups is 1. The highest BCUT2D eigenvalue weighted by atomic mass is 32.2. The zero-order chi connectivity index (χ0) is 22.3. The lowest BCUT2D eigenvalue weighted by molar-refractivity contribution is -0.116. The molecule has 9 heteroatoms. The van der Waals surface area contributed by atoms with Crippen LogP contribution in [0, 0.1) is 0 Å². The van der Waals surface area contributed by atoms with Gasteiger partial charge in [0.1, 0.15) is 0 Å². The average Bonchev–Trinajstić information content (AvgIpc) is 2.75. The van der Waals surface area contributed by atoms with E-state index in [9.17, 15) is 13.2 Å². The Kier molecular flexibility index (Phi) is 7.85. The van der Waals surface area contributed by atoms with E-state index in [0.717, 1.165) is 4.31 Å². The molecule has 0 spiro atoms. The van der Waals surface area contributed by atoms with E-state index in [2.05, 4.69) is 5.32 Å². The molecule has 0 aliphatic carbocycles. The van der Waals surface area contributed by atoms with Crippen molar-refractivity contribution in [2.24, 2.45) is 0 Å². The summed E-state index contributed by atoms with van der Waals surface area (Å²) in [5.74, 6) is 1.03. The fourth-order valence-corrected chi connectivity index (χ4v) is 3.82. The van der Waals surface area contributed by atoms with Crippen LogP contribution in [0.4, 0.5) is 0 Å². The minimum atomic E-state index is -3.61. The van der Waals surface area contributed by atoms with Crippen LogP contribution in [0.5, 0.6) is 17.2 Å². The van der Waals surface area contributed by atoms with Crippen molar-refractivity contribution in [1.82, 2.24) is 9.62 Å². The van der Waals surface area contributed by atoms with Gasteiger partial charge in [0, 0.05) is 26.7 Å². The van der Waals surface area contributed by atoms with E-state index >= 15 is 0 Å². The normalized spacial score (nSPS) is 11.5. The Morgan fingerprint density at radius 2 is 1.63 bits per heavy atom. The van der Waals surface area contributed by atoms with Gasteiger partial charge in [0.15, 0.2) is 11.5 Å². The molecule has 0 saturated carbocycles.